The summed E-state index contributed by atoms with van der Waals surface area (Å²) in [5.74, 6) is -0.454. The zero-order chi connectivity index (χ0) is 22.0. The Morgan fingerprint density at radius 1 is 1.00 bits per heavy atom. The van der Waals surface area contributed by atoms with Crippen LogP contribution in [0.2, 0.25) is 0 Å². The predicted molar refractivity (Wildman–Crippen MR) is 116 cm³/mol. The normalized spacial score (nSPS) is 16.7. The maximum absolute atomic E-state index is 13.0. The van der Waals surface area contributed by atoms with Crippen LogP contribution in [0.5, 0.6) is 5.75 Å². The van der Waals surface area contributed by atoms with Gasteiger partial charge >= 0.3 is 0 Å². The molecule has 1 aliphatic heterocycles. The number of methoxy groups -OCH3 is 1. The lowest BCUT2D eigenvalue weighted by Gasteiger charge is -2.18. The molecule has 2 fully saturated rings. The Bertz CT molecular complexity index is 1110. The molecule has 2 amide bonds. The molecule has 1 heterocycles. The number of nitrogens with one attached hydrogen (secondary N) is 2. The molecule has 0 radical (unpaired) electrons. The molecule has 4 rings (SSSR count). The van der Waals surface area contributed by atoms with Crippen LogP contribution in [0.25, 0.3) is 0 Å². The molecule has 0 spiro atoms. The standard InChI is InChI=1S/C22H25N3O5S/c1-30-19-10-7-16(14-20(19)31(28,29)25-11-2-3-12-25)22(27)24-18-6-4-5-15(13-18)21(26)23-17-8-9-17/h4-7,10,13-14,17H,2-3,8-9,11-12H2,1H3,(H,23,26)(H,24,27). The highest BCUT2D eigenvalue weighted by molar-refractivity contribution is 7.89. The van der Waals surface area contributed by atoms with Gasteiger partial charge in [0, 0.05) is 35.9 Å². The van der Waals surface area contributed by atoms with Gasteiger partial charge in [0.15, 0.2) is 0 Å². The van der Waals surface area contributed by atoms with Crippen molar-refractivity contribution in [1.82, 2.24) is 9.62 Å². The van der Waals surface area contributed by atoms with E-state index in [4.69, 9.17) is 4.74 Å². The van der Waals surface area contributed by atoms with E-state index in [-0.39, 0.29) is 28.2 Å². The Kier molecular flexibility index (Phi) is 5.97. The topological polar surface area (TPSA) is 105 Å². The van der Waals surface area contributed by atoms with Crippen LogP contribution < -0.4 is 15.4 Å². The van der Waals surface area contributed by atoms with E-state index >= 15 is 0 Å². The highest BCUT2D eigenvalue weighted by atomic mass is 32.2. The van der Waals surface area contributed by atoms with Crippen molar-refractivity contribution in [3.8, 4) is 5.75 Å². The van der Waals surface area contributed by atoms with Crippen molar-refractivity contribution in [2.45, 2.75) is 36.6 Å². The highest BCUT2D eigenvalue weighted by Crippen LogP contribution is 2.30. The number of carbonyl (C=O) groups is 2. The lowest BCUT2D eigenvalue weighted by Crippen LogP contribution is -2.28. The number of hydrogen-bond acceptors (Lipinski definition) is 5. The van der Waals surface area contributed by atoms with Crippen LogP contribution >= 0.6 is 0 Å². The molecule has 31 heavy (non-hydrogen) atoms. The summed E-state index contributed by atoms with van der Waals surface area (Å²) in [4.78, 5) is 25.0. The van der Waals surface area contributed by atoms with E-state index in [2.05, 4.69) is 10.6 Å². The van der Waals surface area contributed by atoms with Gasteiger partial charge in [-0.3, -0.25) is 9.59 Å². The fourth-order valence-corrected chi connectivity index (χ4v) is 5.22. The molecule has 2 aliphatic rings. The molecule has 8 nitrogen and oxygen atoms in total. The summed E-state index contributed by atoms with van der Waals surface area (Å²) in [7, 11) is -2.36. The van der Waals surface area contributed by atoms with Crippen LogP contribution in [0.4, 0.5) is 5.69 Å². The molecule has 1 aliphatic carbocycles. The Morgan fingerprint density at radius 3 is 2.39 bits per heavy atom. The minimum absolute atomic E-state index is 0.0258. The fourth-order valence-electron chi connectivity index (χ4n) is 3.52. The lowest BCUT2D eigenvalue weighted by molar-refractivity contribution is 0.0949. The van der Waals surface area contributed by atoms with Crippen LogP contribution in [0.3, 0.4) is 0 Å². The van der Waals surface area contributed by atoms with Crippen LogP contribution in [-0.4, -0.2) is 50.8 Å². The third-order valence-corrected chi connectivity index (χ3v) is 7.32. The summed E-state index contributed by atoms with van der Waals surface area (Å²) < 4.78 is 32.7. The molecule has 9 heteroatoms. The van der Waals surface area contributed by atoms with Gasteiger partial charge in [-0.25, -0.2) is 8.42 Å². The first-order valence-corrected chi connectivity index (χ1v) is 11.7. The fraction of sp³-hybridized carbons (Fsp3) is 0.364. The van der Waals surface area contributed by atoms with E-state index < -0.39 is 15.9 Å². The minimum atomic E-state index is -3.76. The molecular formula is C22H25N3O5S. The SMILES string of the molecule is COc1ccc(C(=O)Nc2cccc(C(=O)NC3CC3)c2)cc1S(=O)(=O)N1CCCC1. The van der Waals surface area contributed by atoms with E-state index in [1.54, 1.807) is 24.3 Å². The van der Waals surface area contributed by atoms with Gasteiger partial charge in [0.05, 0.1) is 7.11 Å². The molecule has 2 N–H and O–H groups in total. The average molecular weight is 444 g/mol. The summed E-state index contributed by atoms with van der Waals surface area (Å²) in [5.41, 5.74) is 1.09. The Morgan fingerprint density at radius 2 is 1.71 bits per heavy atom. The third kappa shape index (κ3) is 4.72. The first-order chi connectivity index (χ1) is 14.9. The molecule has 0 bridgehead atoms. The second-order valence-electron chi connectivity index (χ2n) is 7.76. The minimum Gasteiger partial charge on any atom is -0.495 e. The molecular weight excluding hydrogens is 418 g/mol. The number of sulfonamides is 1. The third-order valence-electron chi connectivity index (χ3n) is 5.40. The maximum Gasteiger partial charge on any atom is 0.255 e. The predicted octanol–water partition coefficient (Wildman–Crippen LogP) is 2.62. The summed E-state index contributed by atoms with van der Waals surface area (Å²) in [6.45, 7) is 0.912. The van der Waals surface area contributed by atoms with Gasteiger partial charge in [-0.05, 0) is 62.1 Å². The molecule has 0 atom stereocenters. The van der Waals surface area contributed by atoms with Crippen LogP contribution in [0.1, 0.15) is 46.4 Å². The van der Waals surface area contributed by atoms with Crippen LogP contribution in [-0.2, 0) is 10.0 Å². The first-order valence-electron chi connectivity index (χ1n) is 10.3. The van der Waals surface area contributed by atoms with Gasteiger partial charge in [0.25, 0.3) is 11.8 Å². The van der Waals surface area contributed by atoms with Crippen molar-refractivity contribution in [2.24, 2.45) is 0 Å². The molecule has 0 aromatic heterocycles. The summed E-state index contributed by atoms with van der Waals surface area (Å²) in [6, 6.07) is 11.2. The summed E-state index contributed by atoms with van der Waals surface area (Å²) >= 11 is 0. The number of benzene rings is 2. The van der Waals surface area contributed by atoms with Gasteiger partial charge < -0.3 is 15.4 Å². The highest BCUT2D eigenvalue weighted by Gasteiger charge is 2.30. The number of rotatable bonds is 7. The maximum atomic E-state index is 13.0. The van der Waals surface area contributed by atoms with Crippen molar-refractivity contribution in [3.05, 3.63) is 53.6 Å². The van der Waals surface area contributed by atoms with Crippen LogP contribution in [0, 0.1) is 0 Å². The van der Waals surface area contributed by atoms with E-state index in [0.29, 0.717) is 24.3 Å². The number of ether oxygens (including phenoxy) is 1. The molecule has 2 aromatic carbocycles. The van der Waals surface area contributed by atoms with E-state index in [0.717, 1.165) is 25.7 Å². The number of amides is 2. The Labute approximate surface area is 181 Å². The molecule has 2 aromatic rings. The number of carbonyl (C=O) groups excluding carboxylic acids is 2. The van der Waals surface area contributed by atoms with Gasteiger partial charge in [-0.2, -0.15) is 4.31 Å². The zero-order valence-corrected chi connectivity index (χ0v) is 18.1. The molecule has 164 valence electrons. The zero-order valence-electron chi connectivity index (χ0n) is 17.3. The van der Waals surface area contributed by atoms with Crippen molar-refractivity contribution < 1.29 is 22.7 Å². The first kappa shape index (κ1) is 21.3. The van der Waals surface area contributed by atoms with E-state index in [9.17, 15) is 18.0 Å². The van der Waals surface area contributed by atoms with Crippen molar-refractivity contribution >= 4 is 27.5 Å². The lowest BCUT2D eigenvalue weighted by atomic mass is 10.1. The number of nitrogens with zero attached hydrogens (tertiary/aromatic N) is 1. The van der Waals surface area contributed by atoms with Crippen molar-refractivity contribution in [1.29, 1.82) is 0 Å². The number of hydrogen-bond donors (Lipinski definition) is 2. The molecule has 0 unspecified atom stereocenters. The second kappa shape index (κ2) is 8.68. The van der Waals surface area contributed by atoms with Gasteiger partial charge in [0.2, 0.25) is 10.0 Å². The van der Waals surface area contributed by atoms with Gasteiger partial charge in [-0.15, -0.1) is 0 Å². The van der Waals surface area contributed by atoms with Gasteiger partial charge in [0.1, 0.15) is 10.6 Å². The summed E-state index contributed by atoms with van der Waals surface area (Å²) in [6.07, 6.45) is 3.60. The summed E-state index contributed by atoms with van der Waals surface area (Å²) in [5, 5.41) is 5.65. The average Bonchev–Trinajstić information content (AvgIpc) is 3.40. The van der Waals surface area contributed by atoms with Crippen LogP contribution in [0.15, 0.2) is 47.4 Å². The van der Waals surface area contributed by atoms with E-state index in [1.807, 2.05) is 0 Å². The van der Waals surface area contributed by atoms with Crippen molar-refractivity contribution in [3.63, 3.8) is 0 Å². The second-order valence-corrected chi connectivity index (χ2v) is 9.67. The molecule has 1 saturated carbocycles. The van der Waals surface area contributed by atoms with Gasteiger partial charge in [-0.1, -0.05) is 6.07 Å². The van der Waals surface area contributed by atoms with E-state index in [1.165, 1.54) is 29.6 Å². The smallest absolute Gasteiger partial charge is 0.255 e. The quantitative estimate of drug-likeness (QED) is 0.685. The Hall–Kier alpha value is -2.91. The Balaban J connectivity index is 1.55. The monoisotopic (exact) mass is 443 g/mol. The largest absolute Gasteiger partial charge is 0.495 e. The number of anilines is 1. The van der Waals surface area contributed by atoms with Crippen molar-refractivity contribution in [2.75, 3.05) is 25.5 Å². The molecule has 1 saturated heterocycles.